The van der Waals surface area contributed by atoms with Crippen LogP contribution in [-0.4, -0.2) is 48.5 Å². The van der Waals surface area contributed by atoms with Crippen LogP contribution in [0.2, 0.25) is 0 Å². The third kappa shape index (κ3) is 3.05. The number of carbonyl (C=O) groups excluding carboxylic acids is 1. The first-order valence-electron chi connectivity index (χ1n) is 8.34. The average molecular weight is 354 g/mol. The van der Waals surface area contributed by atoms with Crippen molar-refractivity contribution in [3.63, 3.8) is 0 Å². The molecular formula is C17H18N6OS. The number of benzene rings is 1. The van der Waals surface area contributed by atoms with Crippen LogP contribution in [0.4, 0.5) is 0 Å². The van der Waals surface area contributed by atoms with Gasteiger partial charge in [0.2, 0.25) is 0 Å². The van der Waals surface area contributed by atoms with E-state index in [1.807, 2.05) is 46.1 Å². The quantitative estimate of drug-likeness (QED) is 0.703. The molecule has 1 fully saturated rings. The number of amides is 1. The SMILES string of the molecule is CCCc1nnsc1C(=O)N1CC(n2cc(-c3ccccc3)nn2)C1. The zero-order chi connectivity index (χ0) is 17.2. The molecule has 0 unspecified atom stereocenters. The Morgan fingerprint density at radius 3 is 2.80 bits per heavy atom. The summed E-state index contributed by atoms with van der Waals surface area (Å²) in [6, 6.07) is 10.1. The van der Waals surface area contributed by atoms with Gasteiger partial charge in [-0.15, -0.1) is 10.2 Å². The molecule has 0 saturated carbocycles. The number of hydrogen-bond acceptors (Lipinski definition) is 6. The standard InChI is InChI=1S/C17H18N6OS/c1-2-6-14-16(25-21-19-14)17(24)22-9-13(10-22)23-11-15(18-20-23)12-7-4-3-5-8-12/h3-5,7-8,11,13H,2,6,9-10H2,1H3. The summed E-state index contributed by atoms with van der Waals surface area (Å²) in [6.45, 7) is 3.35. The number of carbonyl (C=O) groups is 1. The largest absolute Gasteiger partial charge is 0.333 e. The number of nitrogens with zero attached hydrogens (tertiary/aromatic N) is 6. The Morgan fingerprint density at radius 2 is 2.04 bits per heavy atom. The second-order valence-electron chi connectivity index (χ2n) is 6.11. The molecule has 0 bridgehead atoms. The van der Waals surface area contributed by atoms with Gasteiger partial charge in [0.15, 0.2) is 0 Å². The molecule has 7 nitrogen and oxygen atoms in total. The smallest absolute Gasteiger partial charge is 0.267 e. The van der Waals surface area contributed by atoms with E-state index in [1.165, 1.54) is 11.5 Å². The van der Waals surface area contributed by atoms with Gasteiger partial charge in [0.05, 0.1) is 17.9 Å². The lowest BCUT2D eigenvalue weighted by molar-refractivity contribution is 0.0502. The Labute approximate surface area is 149 Å². The number of rotatable bonds is 5. The molecule has 4 rings (SSSR count). The van der Waals surface area contributed by atoms with Crippen molar-refractivity contribution < 1.29 is 4.79 Å². The topological polar surface area (TPSA) is 76.8 Å². The van der Waals surface area contributed by atoms with E-state index in [1.54, 1.807) is 0 Å². The number of hydrogen-bond donors (Lipinski definition) is 0. The summed E-state index contributed by atoms with van der Waals surface area (Å²) in [5.41, 5.74) is 2.70. The third-order valence-corrected chi connectivity index (χ3v) is 5.10. The van der Waals surface area contributed by atoms with E-state index in [0.717, 1.165) is 29.8 Å². The van der Waals surface area contributed by atoms with Crippen LogP contribution in [0.1, 0.15) is 34.8 Å². The summed E-state index contributed by atoms with van der Waals surface area (Å²) in [6.07, 6.45) is 3.69. The maximum atomic E-state index is 12.6. The van der Waals surface area contributed by atoms with Crippen molar-refractivity contribution in [2.24, 2.45) is 0 Å². The average Bonchev–Trinajstić information content (AvgIpc) is 3.24. The van der Waals surface area contributed by atoms with Crippen LogP contribution in [-0.2, 0) is 6.42 Å². The highest BCUT2D eigenvalue weighted by molar-refractivity contribution is 7.08. The monoisotopic (exact) mass is 354 g/mol. The van der Waals surface area contributed by atoms with Gasteiger partial charge in [-0.2, -0.15) is 0 Å². The minimum Gasteiger partial charge on any atom is -0.333 e. The molecule has 25 heavy (non-hydrogen) atoms. The van der Waals surface area contributed by atoms with Gasteiger partial charge in [0, 0.05) is 18.7 Å². The Balaban J connectivity index is 1.41. The minimum absolute atomic E-state index is 0.0260. The molecule has 2 aromatic heterocycles. The Bertz CT molecular complexity index is 868. The van der Waals surface area contributed by atoms with Crippen molar-refractivity contribution in [1.82, 2.24) is 29.5 Å². The summed E-state index contributed by atoms with van der Waals surface area (Å²) in [4.78, 5) is 15.1. The Kier molecular flexibility index (Phi) is 4.27. The van der Waals surface area contributed by atoms with Crippen LogP contribution in [0.25, 0.3) is 11.3 Å². The normalized spacial score (nSPS) is 14.5. The first kappa shape index (κ1) is 15.9. The molecule has 1 saturated heterocycles. The molecule has 3 aromatic rings. The first-order valence-corrected chi connectivity index (χ1v) is 9.11. The van der Waals surface area contributed by atoms with E-state index in [4.69, 9.17) is 0 Å². The number of likely N-dealkylation sites (tertiary alicyclic amines) is 1. The highest BCUT2D eigenvalue weighted by atomic mass is 32.1. The maximum Gasteiger partial charge on any atom is 0.267 e. The van der Waals surface area contributed by atoms with Crippen molar-refractivity contribution in [1.29, 1.82) is 0 Å². The predicted molar refractivity (Wildman–Crippen MR) is 94.3 cm³/mol. The van der Waals surface area contributed by atoms with Crippen molar-refractivity contribution in [2.45, 2.75) is 25.8 Å². The van der Waals surface area contributed by atoms with Gasteiger partial charge in [-0.3, -0.25) is 4.79 Å². The summed E-state index contributed by atoms with van der Waals surface area (Å²) in [7, 11) is 0. The van der Waals surface area contributed by atoms with Crippen LogP contribution in [0.15, 0.2) is 36.5 Å². The van der Waals surface area contributed by atoms with Crippen LogP contribution in [0, 0.1) is 0 Å². The van der Waals surface area contributed by atoms with Crippen molar-refractivity contribution >= 4 is 17.4 Å². The molecule has 1 amide bonds. The van der Waals surface area contributed by atoms with E-state index in [0.29, 0.717) is 18.0 Å². The molecule has 3 heterocycles. The third-order valence-electron chi connectivity index (χ3n) is 4.34. The van der Waals surface area contributed by atoms with Gasteiger partial charge < -0.3 is 4.90 Å². The van der Waals surface area contributed by atoms with Gasteiger partial charge in [0.1, 0.15) is 10.6 Å². The Hall–Kier alpha value is -2.61. The molecule has 1 aliphatic heterocycles. The summed E-state index contributed by atoms with van der Waals surface area (Å²) in [5, 5.41) is 12.5. The fourth-order valence-corrected chi connectivity index (χ4v) is 3.58. The van der Waals surface area contributed by atoms with Crippen LogP contribution in [0.3, 0.4) is 0 Å². The van der Waals surface area contributed by atoms with Crippen LogP contribution >= 0.6 is 11.5 Å². The van der Waals surface area contributed by atoms with E-state index >= 15 is 0 Å². The van der Waals surface area contributed by atoms with E-state index < -0.39 is 0 Å². The molecule has 0 spiro atoms. The number of aryl methyl sites for hydroxylation is 1. The van der Waals surface area contributed by atoms with Gasteiger partial charge in [-0.25, -0.2) is 4.68 Å². The second kappa shape index (κ2) is 6.72. The predicted octanol–water partition coefficient (Wildman–Crippen LogP) is 2.45. The second-order valence-corrected chi connectivity index (χ2v) is 6.87. The molecule has 1 aromatic carbocycles. The van der Waals surface area contributed by atoms with Gasteiger partial charge >= 0.3 is 0 Å². The molecule has 0 N–H and O–H groups in total. The fraction of sp³-hybridized carbons (Fsp3) is 0.353. The summed E-state index contributed by atoms with van der Waals surface area (Å²) >= 11 is 1.19. The molecular weight excluding hydrogens is 336 g/mol. The minimum atomic E-state index is 0.0260. The maximum absolute atomic E-state index is 12.6. The van der Waals surface area contributed by atoms with Gasteiger partial charge in [-0.1, -0.05) is 53.4 Å². The lowest BCUT2D eigenvalue weighted by Crippen LogP contribution is -2.50. The molecule has 1 aliphatic rings. The lowest BCUT2D eigenvalue weighted by atomic mass is 10.1. The van der Waals surface area contributed by atoms with E-state index in [2.05, 4.69) is 26.8 Å². The van der Waals surface area contributed by atoms with Gasteiger partial charge in [0.25, 0.3) is 5.91 Å². The molecule has 8 heteroatoms. The van der Waals surface area contributed by atoms with Crippen LogP contribution < -0.4 is 0 Å². The zero-order valence-electron chi connectivity index (χ0n) is 13.9. The zero-order valence-corrected chi connectivity index (χ0v) is 14.7. The molecule has 128 valence electrons. The Morgan fingerprint density at radius 1 is 1.24 bits per heavy atom. The van der Waals surface area contributed by atoms with Crippen molar-refractivity contribution in [3.8, 4) is 11.3 Å². The summed E-state index contributed by atoms with van der Waals surface area (Å²) < 4.78 is 5.78. The van der Waals surface area contributed by atoms with E-state index in [9.17, 15) is 4.79 Å². The summed E-state index contributed by atoms with van der Waals surface area (Å²) in [5.74, 6) is 0.0260. The van der Waals surface area contributed by atoms with Crippen molar-refractivity contribution in [3.05, 3.63) is 47.1 Å². The van der Waals surface area contributed by atoms with Crippen molar-refractivity contribution in [2.75, 3.05) is 13.1 Å². The van der Waals surface area contributed by atoms with E-state index in [-0.39, 0.29) is 11.9 Å². The molecule has 0 atom stereocenters. The van der Waals surface area contributed by atoms with Gasteiger partial charge in [-0.05, 0) is 18.0 Å². The first-order chi connectivity index (χ1) is 12.3. The molecule has 0 radical (unpaired) electrons. The number of aromatic nitrogens is 5. The molecule has 0 aliphatic carbocycles. The fourth-order valence-electron chi connectivity index (χ4n) is 2.90. The highest BCUT2D eigenvalue weighted by Gasteiger charge is 2.35. The lowest BCUT2D eigenvalue weighted by Gasteiger charge is -2.38. The van der Waals surface area contributed by atoms with Crippen LogP contribution in [0.5, 0.6) is 0 Å². The highest BCUT2D eigenvalue weighted by Crippen LogP contribution is 2.26.